The third kappa shape index (κ3) is 2.74. The van der Waals surface area contributed by atoms with Gasteiger partial charge in [0.2, 0.25) is 0 Å². The van der Waals surface area contributed by atoms with Gasteiger partial charge in [-0.15, -0.1) is 0 Å². The smallest absolute Gasteiger partial charge is 0.253 e. The molecule has 4 aromatic rings. The van der Waals surface area contributed by atoms with Crippen LogP contribution in [0.1, 0.15) is 5.56 Å². The molecule has 6 heteroatoms. The summed E-state index contributed by atoms with van der Waals surface area (Å²) in [5.41, 5.74) is 2.01. The van der Waals surface area contributed by atoms with Gasteiger partial charge in [0, 0.05) is 29.3 Å². The molecule has 0 bridgehead atoms. The van der Waals surface area contributed by atoms with Gasteiger partial charge < -0.3 is 20.7 Å². The molecule has 0 atom stereocenters. The summed E-state index contributed by atoms with van der Waals surface area (Å²) in [7, 11) is 0. The molecule has 0 spiro atoms. The van der Waals surface area contributed by atoms with Crippen molar-refractivity contribution in [2.24, 2.45) is 0 Å². The van der Waals surface area contributed by atoms with Crippen LogP contribution in [0, 0.1) is 0 Å². The molecular formula is C19H15N3O3. The predicted molar refractivity (Wildman–Crippen MR) is 98.4 cm³/mol. The number of H-pyrrole nitrogens is 1. The molecule has 0 aliphatic heterocycles. The zero-order valence-corrected chi connectivity index (χ0v) is 13.2. The number of hydrogen-bond acceptors (Lipinski definition) is 5. The van der Waals surface area contributed by atoms with Crippen LogP contribution in [0.3, 0.4) is 0 Å². The van der Waals surface area contributed by atoms with Gasteiger partial charge in [-0.2, -0.15) is 0 Å². The third-order valence-corrected chi connectivity index (χ3v) is 4.11. The van der Waals surface area contributed by atoms with Gasteiger partial charge >= 0.3 is 0 Å². The molecule has 6 nitrogen and oxygen atoms in total. The Balaban J connectivity index is 1.55. The molecule has 1 aromatic heterocycles. The highest BCUT2D eigenvalue weighted by Crippen LogP contribution is 2.24. The molecule has 0 radical (unpaired) electrons. The molecule has 0 saturated carbocycles. The number of anilines is 3. The molecule has 0 unspecified atom stereocenters. The van der Waals surface area contributed by atoms with Crippen LogP contribution in [0.15, 0.2) is 64.3 Å². The van der Waals surface area contributed by atoms with Gasteiger partial charge in [-0.3, -0.25) is 9.59 Å². The standard InChI is InChI=1S/C19H15N3O3/c23-14-3-1-2-11(8-14)10-21-16-17(19(25)18(16)24)22-13-4-5-15-12(9-13)6-7-20-15/h1-9,20-23H,10H2. The monoisotopic (exact) mass is 333 g/mol. The molecule has 0 aliphatic rings. The summed E-state index contributed by atoms with van der Waals surface area (Å²) >= 11 is 0. The Hall–Kier alpha value is -3.54. The zero-order chi connectivity index (χ0) is 17.4. The molecule has 0 amide bonds. The zero-order valence-electron chi connectivity index (χ0n) is 13.2. The first kappa shape index (κ1) is 15.0. The fourth-order valence-corrected chi connectivity index (χ4v) is 2.81. The maximum atomic E-state index is 11.9. The van der Waals surface area contributed by atoms with E-state index in [4.69, 9.17) is 0 Å². The lowest BCUT2D eigenvalue weighted by Crippen LogP contribution is -2.36. The number of aromatic amines is 1. The second-order valence-electron chi connectivity index (χ2n) is 5.84. The average molecular weight is 333 g/mol. The first-order valence-corrected chi connectivity index (χ1v) is 7.81. The first-order valence-electron chi connectivity index (χ1n) is 7.81. The van der Waals surface area contributed by atoms with Gasteiger partial charge in [0.1, 0.15) is 17.1 Å². The average Bonchev–Trinajstić information content (AvgIpc) is 3.08. The molecule has 4 rings (SSSR count). The number of nitrogens with one attached hydrogen (secondary N) is 3. The number of aromatic hydroxyl groups is 1. The molecule has 124 valence electrons. The Morgan fingerprint density at radius 1 is 0.960 bits per heavy atom. The molecule has 25 heavy (non-hydrogen) atoms. The summed E-state index contributed by atoms with van der Waals surface area (Å²) in [4.78, 5) is 26.9. The Morgan fingerprint density at radius 2 is 1.80 bits per heavy atom. The highest BCUT2D eigenvalue weighted by Gasteiger charge is 2.20. The molecule has 0 saturated heterocycles. The molecule has 0 fully saturated rings. The van der Waals surface area contributed by atoms with E-state index >= 15 is 0 Å². The minimum Gasteiger partial charge on any atom is -0.508 e. The fraction of sp³-hybridized carbons (Fsp3) is 0.0526. The van der Waals surface area contributed by atoms with Gasteiger partial charge in [0.25, 0.3) is 10.9 Å². The number of phenolic OH excluding ortho intramolecular Hbond substituents is 1. The molecule has 0 aliphatic carbocycles. The Kier molecular flexibility index (Phi) is 3.50. The van der Waals surface area contributed by atoms with Crippen LogP contribution in [0.25, 0.3) is 10.9 Å². The highest BCUT2D eigenvalue weighted by atomic mass is 16.3. The summed E-state index contributed by atoms with van der Waals surface area (Å²) < 4.78 is 0. The highest BCUT2D eigenvalue weighted by molar-refractivity contribution is 5.86. The predicted octanol–water partition coefficient (Wildman–Crippen LogP) is 2.83. The lowest BCUT2D eigenvalue weighted by atomic mass is 10.1. The second-order valence-corrected chi connectivity index (χ2v) is 5.84. The Bertz CT molecular complexity index is 1140. The van der Waals surface area contributed by atoms with Crippen molar-refractivity contribution in [2.45, 2.75) is 6.54 Å². The third-order valence-electron chi connectivity index (χ3n) is 4.11. The Morgan fingerprint density at radius 3 is 2.64 bits per heavy atom. The van der Waals surface area contributed by atoms with E-state index in [1.54, 1.807) is 18.2 Å². The van der Waals surface area contributed by atoms with E-state index in [0.29, 0.717) is 6.54 Å². The van der Waals surface area contributed by atoms with Crippen molar-refractivity contribution in [3.05, 3.63) is 80.7 Å². The van der Waals surface area contributed by atoms with Crippen LogP contribution in [0.4, 0.5) is 17.1 Å². The summed E-state index contributed by atoms with van der Waals surface area (Å²) in [6, 6.07) is 14.3. The minimum atomic E-state index is -0.537. The van der Waals surface area contributed by atoms with Crippen LogP contribution >= 0.6 is 0 Å². The number of aromatic nitrogens is 1. The van der Waals surface area contributed by atoms with E-state index in [2.05, 4.69) is 15.6 Å². The van der Waals surface area contributed by atoms with Crippen molar-refractivity contribution >= 4 is 28.0 Å². The van der Waals surface area contributed by atoms with Gasteiger partial charge in [-0.25, -0.2) is 0 Å². The SMILES string of the molecule is O=c1c(NCc2cccc(O)c2)c(Nc2ccc3[nH]ccc3c2)c1=O. The van der Waals surface area contributed by atoms with Crippen LogP contribution in [0.5, 0.6) is 5.75 Å². The van der Waals surface area contributed by atoms with E-state index in [1.807, 2.05) is 36.5 Å². The van der Waals surface area contributed by atoms with Gasteiger partial charge in [-0.05, 0) is 42.0 Å². The van der Waals surface area contributed by atoms with E-state index < -0.39 is 10.9 Å². The number of benzene rings is 2. The number of fused-ring (bicyclic) bond motifs is 1. The molecule has 1 heterocycles. The first-order chi connectivity index (χ1) is 12.1. The van der Waals surface area contributed by atoms with Crippen molar-refractivity contribution in [3.63, 3.8) is 0 Å². The van der Waals surface area contributed by atoms with E-state index in [9.17, 15) is 14.7 Å². The van der Waals surface area contributed by atoms with E-state index in [-0.39, 0.29) is 17.1 Å². The molecule has 4 N–H and O–H groups in total. The van der Waals surface area contributed by atoms with Crippen LogP contribution in [0.2, 0.25) is 0 Å². The lowest BCUT2D eigenvalue weighted by Gasteiger charge is -2.15. The number of hydrogen-bond donors (Lipinski definition) is 4. The molecule has 3 aromatic carbocycles. The van der Waals surface area contributed by atoms with Crippen molar-refractivity contribution in [1.29, 1.82) is 0 Å². The van der Waals surface area contributed by atoms with E-state index in [0.717, 1.165) is 22.2 Å². The van der Waals surface area contributed by atoms with Gasteiger partial charge in [-0.1, -0.05) is 12.1 Å². The molecular weight excluding hydrogens is 318 g/mol. The summed E-state index contributed by atoms with van der Waals surface area (Å²) in [5.74, 6) is 0.155. The van der Waals surface area contributed by atoms with Crippen molar-refractivity contribution in [2.75, 3.05) is 10.6 Å². The van der Waals surface area contributed by atoms with Crippen LogP contribution in [-0.4, -0.2) is 10.1 Å². The number of rotatable bonds is 5. The Labute approximate surface area is 142 Å². The van der Waals surface area contributed by atoms with Crippen LogP contribution < -0.4 is 21.5 Å². The lowest BCUT2D eigenvalue weighted by molar-refractivity contribution is 0.474. The van der Waals surface area contributed by atoms with Gasteiger partial charge in [0.05, 0.1) is 0 Å². The largest absolute Gasteiger partial charge is 0.508 e. The second kappa shape index (κ2) is 5.83. The van der Waals surface area contributed by atoms with Gasteiger partial charge in [0.15, 0.2) is 0 Å². The van der Waals surface area contributed by atoms with Crippen LogP contribution in [-0.2, 0) is 6.54 Å². The number of phenols is 1. The normalized spacial score (nSPS) is 11.0. The summed E-state index contributed by atoms with van der Waals surface area (Å²) in [5, 5.41) is 16.5. The fourth-order valence-electron chi connectivity index (χ4n) is 2.81. The van der Waals surface area contributed by atoms with Crippen molar-refractivity contribution in [3.8, 4) is 5.75 Å². The maximum Gasteiger partial charge on any atom is 0.253 e. The summed E-state index contributed by atoms with van der Waals surface area (Å²) in [6.07, 6.45) is 1.84. The maximum absolute atomic E-state index is 11.9. The van der Waals surface area contributed by atoms with Crippen molar-refractivity contribution < 1.29 is 5.11 Å². The topological polar surface area (TPSA) is 94.2 Å². The quantitative estimate of drug-likeness (QED) is 0.421. The summed E-state index contributed by atoms with van der Waals surface area (Å²) in [6.45, 7) is 0.338. The van der Waals surface area contributed by atoms with Crippen molar-refractivity contribution in [1.82, 2.24) is 4.98 Å². The minimum absolute atomic E-state index is 0.155. The van der Waals surface area contributed by atoms with E-state index in [1.165, 1.54) is 0 Å².